The van der Waals surface area contributed by atoms with E-state index in [0.717, 1.165) is 22.3 Å². The second-order valence-electron chi connectivity index (χ2n) is 7.01. The summed E-state index contributed by atoms with van der Waals surface area (Å²) < 4.78 is 4.68. The van der Waals surface area contributed by atoms with Gasteiger partial charge < -0.3 is 15.2 Å². The minimum Gasteiger partial charge on any atom is -0.480 e. The van der Waals surface area contributed by atoms with Gasteiger partial charge in [0.2, 0.25) is 0 Å². The number of carbonyl (C=O) groups is 3. The molecule has 0 saturated carbocycles. The van der Waals surface area contributed by atoms with Crippen LogP contribution in [0.15, 0.2) is 72.8 Å². The lowest BCUT2D eigenvalue weighted by Gasteiger charge is -2.23. The van der Waals surface area contributed by atoms with E-state index in [0.29, 0.717) is 0 Å². The van der Waals surface area contributed by atoms with Crippen molar-refractivity contribution in [2.24, 2.45) is 0 Å². The van der Waals surface area contributed by atoms with E-state index in [1.165, 1.54) is 25.3 Å². The van der Waals surface area contributed by atoms with E-state index in [4.69, 9.17) is 0 Å². The molecule has 0 radical (unpaired) electrons. The molecule has 1 amide bonds. The minimum absolute atomic E-state index is 0.184. The van der Waals surface area contributed by atoms with E-state index in [1.54, 1.807) is 6.07 Å². The number of hydrogen-bond acceptors (Lipinski definition) is 4. The predicted octanol–water partition coefficient (Wildman–Crippen LogP) is 3.47. The van der Waals surface area contributed by atoms with Crippen molar-refractivity contribution in [2.75, 3.05) is 7.11 Å². The highest BCUT2D eigenvalue weighted by molar-refractivity contribution is 6.00. The second kappa shape index (κ2) is 7.83. The number of carboxylic acids is 1. The van der Waals surface area contributed by atoms with E-state index in [1.807, 2.05) is 48.5 Å². The van der Waals surface area contributed by atoms with Crippen LogP contribution in [0, 0.1) is 0 Å². The van der Waals surface area contributed by atoms with Gasteiger partial charge in [-0.2, -0.15) is 0 Å². The summed E-state index contributed by atoms with van der Waals surface area (Å²) in [5.41, 5.74) is 4.04. The molecule has 0 aliphatic heterocycles. The Morgan fingerprint density at radius 3 is 2.00 bits per heavy atom. The monoisotopic (exact) mass is 401 g/mol. The molecular weight excluding hydrogens is 382 g/mol. The van der Waals surface area contributed by atoms with Crippen molar-refractivity contribution in [3.8, 4) is 11.1 Å². The molecule has 30 heavy (non-hydrogen) atoms. The lowest BCUT2D eigenvalue weighted by molar-refractivity contribution is -0.139. The molecule has 6 nitrogen and oxygen atoms in total. The number of nitrogens with one attached hydrogen (secondary N) is 1. The minimum atomic E-state index is -1.18. The first kappa shape index (κ1) is 19.4. The molecule has 0 saturated heterocycles. The fourth-order valence-electron chi connectivity index (χ4n) is 3.97. The normalized spacial score (nSPS) is 13.1. The smallest absolute Gasteiger partial charge is 0.337 e. The van der Waals surface area contributed by atoms with Gasteiger partial charge in [0.1, 0.15) is 6.04 Å². The summed E-state index contributed by atoms with van der Waals surface area (Å²) >= 11 is 0. The van der Waals surface area contributed by atoms with E-state index in [-0.39, 0.29) is 11.1 Å². The first-order valence-corrected chi connectivity index (χ1v) is 9.41. The Labute approximate surface area is 173 Å². The number of carboxylic acid groups (broad SMARTS) is 1. The van der Waals surface area contributed by atoms with Gasteiger partial charge in [0, 0.05) is 11.5 Å². The molecule has 3 aromatic carbocycles. The van der Waals surface area contributed by atoms with Gasteiger partial charge in [0.05, 0.1) is 12.7 Å². The fourth-order valence-corrected chi connectivity index (χ4v) is 3.97. The van der Waals surface area contributed by atoms with Crippen molar-refractivity contribution in [1.82, 2.24) is 5.32 Å². The Bertz CT molecular complexity index is 1110. The highest BCUT2D eigenvalue weighted by atomic mass is 16.5. The third kappa shape index (κ3) is 3.33. The van der Waals surface area contributed by atoms with Crippen LogP contribution in [0.1, 0.15) is 37.8 Å². The zero-order chi connectivity index (χ0) is 21.3. The van der Waals surface area contributed by atoms with E-state index < -0.39 is 29.8 Å². The molecule has 0 heterocycles. The van der Waals surface area contributed by atoms with Gasteiger partial charge in [0.25, 0.3) is 5.91 Å². The molecule has 0 aromatic heterocycles. The summed E-state index contributed by atoms with van der Waals surface area (Å²) in [5, 5.41) is 12.6. The van der Waals surface area contributed by atoms with Crippen LogP contribution in [0.25, 0.3) is 11.1 Å². The number of amides is 1. The predicted molar refractivity (Wildman–Crippen MR) is 110 cm³/mol. The van der Waals surface area contributed by atoms with E-state index >= 15 is 0 Å². The third-order valence-corrected chi connectivity index (χ3v) is 5.31. The number of aliphatic carboxylic acids is 1. The van der Waals surface area contributed by atoms with Gasteiger partial charge in [-0.3, -0.25) is 4.79 Å². The SMILES string of the molecule is COC(=O)c1cccc(C(=O)N[C@H](C(=O)O)C2c3ccccc3-c3ccccc32)c1. The summed E-state index contributed by atoms with van der Waals surface area (Å²) in [6.45, 7) is 0. The van der Waals surface area contributed by atoms with Gasteiger partial charge >= 0.3 is 11.9 Å². The van der Waals surface area contributed by atoms with E-state index in [9.17, 15) is 19.5 Å². The number of ether oxygens (including phenoxy) is 1. The quantitative estimate of drug-likeness (QED) is 0.639. The molecule has 0 spiro atoms. The maximum Gasteiger partial charge on any atom is 0.337 e. The Hall–Kier alpha value is -3.93. The van der Waals surface area contributed by atoms with Crippen molar-refractivity contribution in [3.05, 3.63) is 95.1 Å². The molecule has 0 bridgehead atoms. The molecule has 3 aromatic rings. The number of carbonyl (C=O) groups excluding carboxylic acids is 2. The molecule has 1 atom stereocenters. The second-order valence-corrected chi connectivity index (χ2v) is 7.01. The van der Waals surface area contributed by atoms with Gasteiger partial charge in [0.15, 0.2) is 0 Å². The average molecular weight is 401 g/mol. The summed E-state index contributed by atoms with van der Waals surface area (Å²) in [6.07, 6.45) is 0. The number of methoxy groups -OCH3 is 1. The lowest BCUT2D eigenvalue weighted by Crippen LogP contribution is -2.45. The topological polar surface area (TPSA) is 92.7 Å². The van der Waals surface area contributed by atoms with Crippen molar-refractivity contribution in [3.63, 3.8) is 0 Å². The van der Waals surface area contributed by atoms with Crippen LogP contribution >= 0.6 is 0 Å². The molecule has 1 aliphatic carbocycles. The number of fused-ring (bicyclic) bond motifs is 3. The first-order chi connectivity index (χ1) is 14.5. The molecule has 4 rings (SSSR count). The van der Waals surface area contributed by atoms with Crippen LogP contribution < -0.4 is 5.32 Å². The molecule has 6 heteroatoms. The number of benzene rings is 3. The van der Waals surface area contributed by atoms with Crippen LogP contribution in [-0.2, 0) is 9.53 Å². The average Bonchev–Trinajstić information content (AvgIpc) is 3.11. The highest BCUT2D eigenvalue weighted by Crippen LogP contribution is 2.46. The maximum absolute atomic E-state index is 12.9. The fraction of sp³-hybridized carbons (Fsp3) is 0.125. The molecule has 150 valence electrons. The number of hydrogen-bond donors (Lipinski definition) is 2. The van der Waals surface area contributed by atoms with Gasteiger partial charge in [-0.15, -0.1) is 0 Å². The van der Waals surface area contributed by atoms with Gasteiger partial charge in [-0.25, -0.2) is 9.59 Å². The number of esters is 1. The van der Waals surface area contributed by atoms with E-state index in [2.05, 4.69) is 10.1 Å². The summed E-state index contributed by atoms with van der Waals surface area (Å²) in [4.78, 5) is 36.8. The Balaban J connectivity index is 1.70. The highest BCUT2D eigenvalue weighted by Gasteiger charge is 2.39. The largest absolute Gasteiger partial charge is 0.480 e. The van der Waals surface area contributed by atoms with Crippen LogP contribution in [0.4, 0.5) is 0 Å². The Kier molecular flexibility index (Phi) is 5.06. The molecular formula is C24H19NO5. The molecule has 0 unspecified atom stereocenters. The molecule has 2 N–H and O–H groups in total. The summed E-state index contributed by atoms with van der Waals surface area (Å²) in [6, 6.07) is 20.0. The van der Waals surface area contributed by atoms with Crippen molar-refractivity contribution >= 4 is 17.8 Å². The Morgan fingerprint density at radius 1 is 0.867 bits per heavy atom. The first-order valence-electron chi connectivity index (χ1n) is 9.41. The summed E-state index contributed by atoms with van der Waals surface area (Å²) in [5.74, 6) is -2.81. The van der Waals surface area contributed by atoms with Crippen molar-refractivity contribution in [1.29, 1.82) is 0 Å². The molecule has 1 aliphatic rings. The van der Waals surface area contributed by atoms with Gasteiger partial charge in [-0.1, -0.05) is 54.6 Å². The van der Waals surface area contributed by atoms with Crippen LogP contribution in [0.3, 0.4) is 0 Å². The molecule has 0 fully saturated rings. The lowest BCUT2D eigenvalue weighted by atomic mass is 9.89. The zero-order valence-electron chi connectivity index (χ0n) is 16.2. The van der Waals surface area contributed by atoms with Gasteiger partial charge in [-0.05, 0) is 40.5 Å². The van der Waals surface area contributed by atoms with Crippen LogP contribution in [0.2, 0.25) is 0 Å². The van der Waals surface area contributed by atoms with Crippen molar-refractivity contribution in [2.45, 2.75) is 12.0 Å². The standard InChI is InChI=1S/C24H19NO5/c1-30-24(29)15-8-6-7-14(13-15)22(26)25-21(23(27)28)20-18-11-4-2-9-16(18)17-10-3-5-12-19(17)20/h2-13,20-21H,1H3,(H,25,26)(H,27,28)/t21-/m0/s1. The van der Waals surface area contributed by atoms with Crippen LogP contribution in [-0.4, -0.2) is 36.1 Å². The third-order valence-electron chi connectivity index (χ3n) is 5.31. The summed E-state index contributed by atoms with van der Waals surface area (Å²) in [7, 11) is 1.25. The van der Waals surface area contributed by atoms with Crippen LogP contribution in [0.5, 0.6) is 0 Å². The zero-order valence-corrected chi connectivity index (χ0v) is 16.2. The maximum atomic E-state index is 12.9. The van der Waals surface area contributed by atoms with Crippen molar-refractivity contribution < 1.29 is 24.2 Å². The Morgan fingerprint density at radius 2 is 1.43 bits per heavy atom. The number of rotatable bonds is 5.